The molecule has 4 rings (SSSR count). The van der Waals surface area contributed by atoms with Crippen molar-refractivity contribution in [3.63, 3.8) is 0 Å². The molecule has 0 aliphatic carbocycles. The number of carbonyl (C=O) groups excluding carboxylic acids is 1. The van der Waals surface area contributed by atoms with Gasteiger partial charge >= 0.3 is 5.97 Å². The molecule has 0 radical (unpaired) electrons. The Balaban J connectivity index is 1.77. The first-order valence-electron chi connectivity index (χ1n) is 12.2. The van der Waals surface area contributed by atoms with Crippen LogP contribution >= 0.6 is 0 Å². The van der Waals surface area contributed by atoms with Crippen LogP contribution in [0.4, 0.5) is 23.0 Å². The highest BCUT2D eigenvalue weighted by Gasteiger charge is 2.20. The fourth-order valence-electron chi connectivity index (χ4n) is 4.10. The normalized spacial score (nSPS) is 10.9. The number of para-hydroxylation sites is 1. The second-order valence-corrected chi connectivity index (χ2v) is 9.12. The number of methoxy groups -OCH3 is 1. The van der Waals surface area contributed by atoms with Gasteiger partial charge in [0.05, 0.1) is 29.9 Å². The first-order valence-corrected chi connectivity index (χ1v) is 12.2. The van der Waals surface area contributed by atoms with Crippen molar-refractivity contribution in [1.82, 2.24) is 19.9 Å². The van der Waals surface area contributed by atoms with E-state index in [9.17, 15) is 14.7 Å². The van der Waals surface area contributed by atoms with Crippen LogP contribution < -0.4 is 20.3 Å². The van der Waals surface area contributed by atoms with Gasteiger partial charge in [0.25, 0.3) is 0 Å². The molecule has 11 heteroatoms. The zero-order chi connectivity index (χ0) is 28.1. The van der Waals surface area contributed by atoms with Crippen molar-refractivity contribution in [2.45, 2.75) is 0 Å². The number of nitrogens with zero attached hydrogens (tertiary/aromatic N) is 4. The summed E-state index contributed by atoms with van der Waals surface area (Å²) >= 11 is 0. The van der Waals surface area contributed by atoms with Crippen LogP contribution in [0, 0.1) is 0 Å². The smallest absolute Gasteiger partial charge is 0.339 e. The Morgan fingerprint density at radius 3 is 2.62 bits per heavy atom. The van der Waals surface area contributed by atoms with Crippen LogP contribution in [0.25, 0.3) is 22.2 Å². The Hall–Kier alpha value is -4.90. The standard InChI is InChI=1S/C28H31N7O4/c1-6-25(36)31-21-13-22(24(39-5)14-23(21)35(4)12-11-34(2)3)32-28-30-16-19(27(37)38)26(33-28)18-15-29-20-10-8-7-9-17(18)20/h6-10,13-16,29H,1,11-12H2,2-5H3,(H,31,36)(H,37,38)(H,30,32,33). The van der Waals surface area contributed by atoms with Crippen LogP contribution in [0.3, 0.4) is 0 Å². The Kier molecular flexibility index (Phi) is 8.11. The quantitative estimate of drug-likeness (QED) is 0.211. The van der Waals surface area contributed by atoms with Crippen LogP contribution in [0.15, 0.2) is 61.4 Å². The minimum atomic E-state index is -1.14. The van der Waals surface area contributed by atoms with E-state index in [2.05, 4.69) is 37.1 Å². The van der Waals surface area contributed by atoms with Gasteiger partial charge < -0.3 is 35.3 Å². The number of carbonyl (C=O) groups is 2. The zero-order valence-corrected chi connectivity index (χ0v) is 22.3. The summed E-state index contributed by atoms with van der Waals surface area (Å²) in [6, 6.07) is 11.1. The summed E-state index contributed by atoms with van der Waals surface area (Å²) in [4.78, 5) is 40.3. The van der Waals surface area contributed by atoms with Gasteiger partial charge in [-0.3, -0.25) is 4.79 Å². The van der Waals surface area contributed by atoms with Gasteiger partial charge in [0.15, 0.2) is 0 Å². The maximum absolute atomic E-state index is 12.2. The van der Waals surface area contributed by atoms with Crippen molar-refractivity contribution in [2.75, 3.05) is 56.9 Å². The van der Waals surface area contributed by atoms with Crippen LogP contribution in [0.2, 0.25) is 0 Å². The lowest BCUT2D eigenvalue weighted by molar-refractivity contribution is -0.111. The number of amides is 1. The van der Waals surface area contributed by atoms with Crippen LogP contribution in [0.5, 0.6) is 5.75 Å². The summed E-state index contributed by atoms with van der Waals surface area (Å²) in [6.45, 7) is 5.05. The van der Waals surface area contributed by atoms with E-state index in [0.29, 0.717) is 29.2 Å². The molecule has 0 bridgehead atoms. The van der Waals surface area contributed by atoms with Crippen molar-refractivity contribution in [3.8, 4) is 17.0 Å². The molecule has 39 heavy (non-hydrogen) atoms. The number of carboxylic acids is 1. The largest absolute Gasteiger partial charge is 0.494 e. The van der Waals surface area contributed by atoms with E-state index in [4.69, 9.17) is 4.74 Å². The molecule has 0 aliphatic rings. The highest BCUT2D eigenvalue weighted by atomic mass is 16.5. The van der Waals surface area contributed by atoms with Crippen LogP contribution in [0.1, 0.15) is 10.4 Å². The Bertz CT molecular complexity index is 1530. The first-order chi connectivity index (χ1) is 18.7. The molecule has 4 N–H and O–H groups in total. The molecule has 0 aliphatic heterocycles. The molecule has 2 aromatic heterocycles. The second-order valence-electron chi connectivity index (χ2n) is 9.12. The molecule has 2 aromatic carbocycles. The lowest BCUT2D eigenvalue weighted by atomic mass is 10.1. The van der Waals surface area contributed by atoms with Crippen LogP contribution in [-0.2, 0) is 4.79 Å². The van der Waals surface area contributed by atoms with Crippen molar-refractivity contribution >= 4 is 45.8 Å². The number of benzene rings is 2. The molecule has 11 nitrogen and oxygen atoms in total. The van der Waals surface area contributed by atoms with E-state index in [0.717, 1.165) is 23.1 Å². The summed E-state index contributed by atoms with van der Waals surface area (Å²) in [5, 5.41) is 16.6. The van der Waals surface area contributed by atoms with Crippen molar-refractivity contribution in [2.24, 2.45) is 0 Å². The average Bonchev–Trinajstić information content (AvgIpc) is 3.35. The lowest BCUT2D eigenvalue weighted by Crippen LogP contribution is -2.29. The third-order valence-electron chi connectivity index (χ3n) is 6.16. The number of ether oxygens (including phenoxy) is 1. The summed E-state index contributed by atoms with van der Waals surface area (Å²) in [7, 11) is 7.44. The fraction of sp³-hybridized carbons (Fsp3) is 0.214. The topological polar surface area (TPSA) is 136 Å². The zero-order valence-electron chi connectivity index (χ0n) is 22.3. The van der Waals surface area contributed by atoms with Gasteiger partial charge in [-0.15, -0.1) is 0 Å². The number of hydrogen-bond acceptors (Lipinski definition) is 8. The third kappa shape index (κ3) is 5.99. The molecule has 202 valence electrons. The Labute approximate surface area is 226 Å². The number of nitrogens with one attached hydrogen (secondary N) is 3. The van der Waals surface area contributed by atoms with E-state index in [1.165, 1.54) is 19.4 Å². The van der Waals surface area contributed by atoms with Gasteiger partial charge in [-0.25, -0.2) is 14.8 Å². The Morgan fingerprint density at radius 2 is 1.92 bits per heavy atom. The Morgan fingerprint density at radius 1 is 1.15 bits per heavy atom. The number of aromatic carboxylic acids is 1. The molecule has 0 saturated carbocycles. The maximum Gasteiger partial charge on any atom is 0.339 e. The number of aromatic nitrogens is 3. The number of H-pyrrole nitrogens is 1. The van der Waals surface area contributed by atoms with Crippen molar-refractivity contribution < 1.29 is 19.4 Å². The van der Waals surface area contributed by atoms with Crippen molar-refractivity contribution in [1.29, 1.82) is 0 Å². The molecular formula is C28H31N7O4. The number of fused-ring (bicyclic) bond motifs is 1. The highest BCUT2D eigenvalue weighted by molar-refractivity contribution is 6.03. The molecule has 0 unspecified atom stereocenters. The van der Waals surface area contributed by atoms with E-state index < -0.39 is 5.97 Å². The highest BCUT2D eigenvalue weighted by Crippen LogP contribution is 2.38. The molecule has 4 aromatic rings. The monoisotopic (exact) mass is 529 g/mol. The number of rotatable bonds is 11. The maximum atomic E-state index is 12.2. The van der Waals surface area contributed by atoms with Gasteiger partial charge in [-0.1, -0.05) is 24.8 Å². The summed E-state index contributed by atoms with van der Waals surface area (Å²) in [5.41, 5.74) is 3.48. The van der Waals surface area contributed by atoms with Crippen LogP contribution in [-0.4, -0.2) is 78.2 Å². The molecule has 1 amide bonds. The molecule has 2 heterocycles. The minimum Gasteiger partial charge on any atom is -0.494 e. The lowest BCUT2D eigenvalue weighted by Gasteiger charge is -2.26. The molecule has 0 saturated heterocycles. The summed E-state index contributed by atoms with van der Waals surface area (Å²) < 4.78 is 5.66. The van der Waals surface area contributed by atoms with E-state index in [1.54, 1.807) is 12.3 Å². The van der Waals surface area contributed by atoms with Gasteiger partial charge in [-0.2, -0.15) is 0 Å². The van der Waals surface area contributed by atoms with E-state index in [-0.39, 0.29) is 23.1 Å². The average molecular weight is 530 g/mol. The van der Waals surface area contributed by atoms with Gasteiger partial charge in [-0.05, 0) is 32.3 Å². The van der Waals surface area contributed by atoms with Gasteiger partial charge in [0, 0.05) is 55.1 Å². The van der Waals surface area contributed by atoms with E-state index >= 15 is 0 Å². The van der Waals surface area contributed by atoms with E-state index in [1.807, 2.05) is 56.4 Å². The molecule has 0 fully saturated rings. The predicted octanol–water partition coefficient (Wildman–Crippen LogP) is 4.20. The molecule has 0 atom stereocenters. The summed E-state index contributed by atoms with van der Waals surface area (Å²) in [6.07, 6.45) is 4.19. The second kappa shape index (κ2) is 11.7. The number of hydrogen-bond donors (Lipinski definition) is 4. The van der Waals surface area contributed by atoms with Gasteiger partial charge in [0.1, 0.15) is 11.3 Å². The predicted molar refractivity (Wildman–Crippen MR) is 153 cm³/mol. The fourth-order valence-corrected chi connectivity index (χ4v) is 4.10. The van der Waals surface area contributed by atoms with Gasteiger partial charge in [0.2, 0.25) is 11.9 Å². The third-order valence-corrected chi connectivity index (χ3v) is 6.16. The summed E-state index contributed by atoms with van der Waals surface area (Å²) in [5.74, 6) is -0.859. The number of likely N-dealkylation sites (N-methyl/N-ethyl adjacent to an activating group) is 2. The number of aromatic amines is 1. The molecule has 0 spiro atoms. The first kappa shape index (κ1) is 27.1. The molecular weight excluding hydrogens is 498 g/mol. The number of anilines is 4. The SMILES string of the molecule is C=CC(=O)Nc1cc(Nc2ncc(C(=O)O)c(-c3c[nH]c4ccccc34)n2)c(OC)cc1N(C)CCN(C)C. The van der Waals surface area contributed by atoms with Crippen molar-refractivity contribution in [3.05, 3.63) is 67.0 Å². The minimum absolute atomic E-state index is 0.0333. The number of carboxylic acid groups (broad SMARTS) is 1.